The van der Waals surface area contributed by atoms with Gasteiger partial charge in [0, 0.05) is 50.1 Å². The molecule has 8 nitrogen and oxygen atoms in total. The van der Waals surface area contributed by atoms with Crippen molar-refractivity contribution in [2.24, 2.45) is 7.05 Å². The lowest BCUT2D eigenvalue weighted by atomic mass is 10.0. The Labute approximate surface area is 181 Å². The van der Waals surface area contributed by atoms with Gasteiger partial charge in [-0.15, -0.1) is 0 Å². The molecular formula is C23H27N5O3. The van der Waals surface area contributed by atoms with Crippen molar-refractivity contribution < 1.29 is 14.4 Å². The summed E-state index contributed by atoms with van der Waals surface area (Å²) in [5.41, 5.74) is 2.04. The lowest BCUT2D eigenvalue weighted by molar-refractivity contribution is -0.127. The van der Waals surface area contributed by atoms with Crippen molar-refractivity contribution in [2.45, 2.75) is 37.8 Å². The van der Waals surface area contributed by atoms with Gasteiger partial charge in [-0.25, -0.2) is 0 Å². The molecule has 2 fully saturated rings. The van der Waals surface area contributed by atoms with Gasteiger partial charge < -0.3 is 15.5 Å². The number of piperidine rings is 1. The second-order valence-corrected chi connectivity index (χ2v) is 8.18. The predicted octanol–water partition coefficient (Wildman–Crippen LogP) is 1.75. The Morgan fingerprint density at radius 1 is 0.935 bits per heavy atom. The maximum Gasteiger partial charge on any atom is 0.254 e. The van der Waals surface area contributed by atoms with Crippen molar-refractivity contribution in [2.75, 3.05) is 13.1 Å². The molecule has 0 unspecified atom stereocenters. The van der Waals surface area contributed by atoms with Crippen LogP contribution >= 0.6 is 0 Å². The van der Waals surface area contributed by atoms with E-state index in [0.717, 1.165) is 31.2 Å². The fourth-order valence-electron chi connectivity index (χ4n) is 3.57. The molecule has 2 N–H and O–H groups in total. The average Bonchev–Trinajstić information content (AvgIpc) is 3.49. The van der Waals surface area contributed by atoms with E-state index in [0.29, 0.717) is 30.3 Å². The number of hydrogen-bond donors (Lipinski definition) is 2. The molecule has 1 saturated carbocycles. The summed E-state index contributed by atoms with van der Waals surface area (Å²) in [6.45, 7) is 1.20. The minimum absolute atomic E-state index is 0.0485. The Balaban J connectivity index is 1.23. The number of aromatic nitrogens is 2. The highest BCUT2D eigenvalue weighted by Crippen LogP contribution is 2.19. The third kappa shape index (κ3) is 5.59. The van der Waals surface area contributed by atoms with E-state index in [1.807, 2.05) is 12.1 Å². The number of benzene rings is 1. The van der Waals surface area contributed by atoms with Gasteiger partial charge in [0.25, 0.3) is 11.8 Å². The molecule has 0 radical (unpaired) electrons. The minimum Gasteiger partial charge on any atom is -0.349 e. The molecule has 2 aromatic rings. The molecule has 1 aromatic heterocycles. The maximum absolute atomic E-state index is 12.5. The van der Waals surface area contributed by atoms with Crippen LogP contribution in [0.25, 0.3) is 6.08 Å². The van der Waals surface area contributed by atoms with E-state index < -0.39 is 0 Å². The van der Waals surface area contributed by atoms with Gasteiger partial charge in [0.05, 0.1) is 11.8 Å². The number of likely N-dealkylation sites (tertiary alicyclic amines) is 1. The summed E-state index contributed by atoms with van der Waals surface area (Å²) in [7, 11) is 1.77. The number of carbonyl (C=O) groups excluding carboxylic acids is 3. The van der Waals surface area contributed by atoms with Crippen LogP contribution < -0.4 is 10.6 Å². The second kappa shape index (κ2) is 9.16. The second-order valence-electron chi connectivity index (χ2n) is 8.18. The largest absolute Gasteiger partial charge is 0.349 e. The topological polar surface area (TPSA) is 96.3 Å². The number of amides is 3. The molecule has 0 atom stereocenters. The predicted molar refractivity (Wildman–Crippen MR) is 116 cm³/mol. The van der Waals surface area contributed by atoms with Gasteiger partial charge in [-0.05, 0) is 49.5 Å². The molecule has 3 amide bonds. The molecule has 1 aliphatic carbocycles. The standard InChI is InChI=1S/C23H27N5O3/c1-27-15-18(14-24-27)23(31)26-20-10-12-28(13-11-20)21(29)9-4-16-2-5-17(6-3-16)22(30)25-19-7-8-19/h2-6,9,14-15,19-20H,7-8,10-13H2,1H3,(H,25,30)(H,26,31)/b9-4+. The minimum atomic E-state index is -0.132. The van der Waals surface area contributed by atoms with Gasteiger partial charge in [-0.2, -0.15) is 5.10 Å². The van der Waals surface area contributed by atoms with E-state index in [1.54, 1.807) is 53.3 Å². The number of nitrogens with zero attached hydrogens (tertiary/aromatic N) is 3. The van der Waals surface area contributed by atoms with Crippen molar-refractivity contribution in [3.8, 4) is 0 Å². The highest BCUT2D eigenvalue weighted by atomic mass is 16.2. The van der Waals surface area contributed by atoms with E-state index in [2.05, 4.69) is 15.7 Å². The Hall–Kier alpha value is -3.42. The van der Waals surface area contributed by atoms with Crippen LogP contribution in [0.15, 0.2) is 42.7 Å². The first-order valence-corrected chi connectivity index (χ1v) is 10.7. The summed E-state index contributed by atoms with van der Waals surface area (Å²) < 4.78 is 1.60. The third-order valence-electron chi connectivity index (χ3n) is 5.61. The molecular weight excluding hydrogens is 394 g/mol. The number of carbonyl (C=O) groups is 3. The van der Waals surface area contributed by atoms with Crippen LogP contribution in [0.3, 0.4) is 0 Å². The lowest BCUT2D eigenvalue weighted by Gasteiger charge is -2.31. The summed E-state index contributed by atoms with van der Waals surface area (Å²) in [6.07, 6.45) is 10.1. The summed E-state index contributed by atoms with van der Waals surface area (Å²) in [6, 6.07) is 7.61. The summed E-state index contributed by atoms with van der Waals surface area (Å²) >= 11 is 0. The highest BCUT2D eigenvalue weighted by Gasteiger charge is 2.24. The average molecular weight is 422 g/mol. The first-order valence-electron chi connectivity index (χ1n) is 10.7. The van der Waals surface area contributed by atoms with Crippen LogP contribution in [0.5, 0.6) is 0 Å². The SMILES string of the molecule is Cn1cc(C(=O)NC2CCN(C(=O)/C=C/c3ccc(C(=O)NC4CC4)cc3)CC2)cn1. The molecule has 162 valence electrons. The molecule has 1 aromatic carbocycles. The van der Waals surface area contributed by atoms with Gasteiger partial charge in [0.15, 0.2) is 0 Å². The number of nitrogens with one attached hydrogen (secondary N) is 2. The Bertz CT molecular complexity index is 983. The monoisotopic (exact) mass is 421 g/mol. The van der Waals surface area contributed by atoms with Crippen LogP contribution in [0, 0.1) is 0 Å². The van der Waals surface area contributed by atoms with Gasteiger partial charge in [-0.1, -0.05) is 12.1 Å². The first kappa shape index (κ1) is 20.8. The molecule has 2 aliphatic rings. The zero-order valence-corrected chi connectivity index (χ0v) is 17.6. The Morgan fingerprint density at radius 3 is 2.13 bits per heavy atom. The number of rotatable bonds is 6. The molecule has 1 aliphatic heterocycles. The van der Waals surface area contributed by atoms with Crippen LogP contribution in [0.2, 0.25) is 0 Å². The van der Waals surface area contributed by atoms with E-state index >= 15 is 0 Å². The van der Waals surface area contributed by atoms with Gasteiger partial charge >= 0.3 is 0 Å². The summed E-state index contributed by atoms with van der Waals surface area (Å²) in [4.78, 5) is 38.6. The summed E-state index contributed by atoms with van der Waals surface area (Å²) in [5.74, 6) is -0.229. The van der Waals surface area contributed by atoms with Crippen LogP contribution in [0.1, 0.15) is 52.0 Å². The molecule has 31 heavy (non-hydrogen) atoms. The lowest BCUT2D eigenvalue weighted by Crippen LogP contribution is -2.46. The van der Waals surface area contributed by atoms with E-state index in [9.17, 15) is 14.4 Å². The van der Waals surface area contributed by atoms with Crippen LogP contribution in [0.4, 0.5) is 0 Å². The number of hydrogen-bond acceptors (Lipinski definition) is 4. The molecule has 1 saturated heterocycles. The quantitative estimate of drug-likeness (QED) is 0.695. The third-order valence-corrected chi connectivity index (χ3v) is 5.61. The molecule has 0 spiro atoms. The molecule has 2 heterocycles. The van der Waals surface area contributed by atoms with Crippen LogP contribution in [-0.2, 0) is 11.8 Å². The van der Waals surface area contributed by atoms with Crippen molar-refractivity contribution in [3.05, 3.63) is 59.4 Å². The normalized spacial score (nSPS) is 17.0. The smallest absolute Gasteiger partial charge is 0.254 e. The Kier molecular flexibility index (Phi) is 6.16. The molecule has 4 rings (SSSR count). The van der Waals surface area contributed by atoms with Gasteiger partial charge in [-0.3, -0.25) is 19.1 Å². The fourth-order valence-corrected chi connectivity index (χ4v) is 3.57. The van der Waals surface area contributed by atoms with E-state index in [-0.39, 0.29) is 23.8 Å². The fraction of sp³-hybridized carbons (Fsp3) is 0.391. The maximum atomic E-state index is 12.5. The number of aryl methyl sites for hydroxylation is 1. The first-order chi connectivity index (χ1) is 15.0. The zero-order valence-electron chi connectivity index (χ0n) is 17.6. The van der Waals surface area contributed by atoms with Crippen molar-refractivity contribution in [1.29, 1.82) is 0 Å². The highest BCUT2D eigenvalue weighted by molar-refractivity contribution is 5.95. The van der Waals surface area contributed by atoms with Crippen molar-refractivity contribution >= 4 is 23.8 Å². The molecule has 0 bridgehead atoms. The van der Waals surface area contributed by atoms with Gasteiger partial charge in [0.2, 0.25) is 5.91 Å². The zero-order chi connectivity index (χ0) is 21.8. The van der Waals surface area contributed by atoms with E-state index in [1.165, 1.54) is 0 Å². The molecule has 8 heteroatoms. The van der Waals surface area contributed by atoms with E-state index in [4.69, 9.17) is 0 Å². The Morgan fingerprint density at radius 2 is 1.55 bits per heavy atom. The van der Waals surface area contributed by atoms with Crippen molar-refractivity contribution in [3.63, 3.8) is 0 Å². The van der Waals surface area contributed by atoms with Gasteiger partial charge in [0.1, 0.15) is 0 Å². The van der Waals surface area contributed by atoms with Crippen LogP contribution in [-0.4, -0.2) is 57.6 Å². The summed E-state index contributed by atoms with van der Waals surface area (Å²) in [5, 5.41) is 9.99. The van der Waals surface area contributed by atoms with Crippen molar-refractivity contribution in [1.82, 2.24) is 25.3 Å².